The number of hydrogen-bond acceptors (Lipinski definition) is 6. The number of nitro groups is 1. The van der Waals surface area contributed by atoms with Crippen LogP contribution in [0.25, 0.3) is 0 Å². The van der Waals surface area contributed by atoms with E-state index in [-0.39, 0.29) is 18.0 Å². The summed E-state index contributed by atoms with van der Waals surface area (Å²) in [6.45, 7) is 1.71. The van der Waals surface area contributed by atoms with Crippen LogP contribution >= 0.6 is 22.9 Å². The van der Waals surface area contributed by atoms with Crippen molar-refractivity contribution >= 4 is 51.8 Å². The summed E-state index contributed by atoms with van der Waals surface area (Å²) in [5.41, 5.74) is 4.49. The van der Waals surface area contributed by atoms with Crippen molar-refractivity contribution in [2.75, 3.05) is 5.32 Å². The molecule has 31 heavy (non-hydrogen) atoms. The van der Waals surface area contributed by atoms with Crippen molar-refractivity contribution in [3.05, 3.63) is 91.1 Å². The summed E-state index contributed by atoms with van der Waals surface area (Å²) in [5.74, 6) is -0.718. The summed E-state index contributed by atoms with van der Waals surface area (Å²) >= 11 is 7.04. The van der Waals surface area contributed by atoms with Crippen LogP contribution in [0.15, 0.2) is 65.8 Å². The average molecular weight is 457 g/mol. The van der Waals surface area contributed by atoms with Gasteiger partial charge in [0.1, 0.15) is 0 Å². The molecule has 0 radical (unpaired) electrons. The van der Waals surface area contributed by atoms with Crippen LogP contribution in [0.5, 0.6) is 0 Å². The van der Waals surface area contributed by atoms with E-state index in [2.05, 4.69) is 15.8 Å². The van der Waals surface area contributed by atoms with E-state index in [1.165, 1.54) is 23.5 Å². The number of hydrazone groups is 1. The molecule has 1 heterocycles. The molecule has 0 aliphatic carbocycles. The standard InChI is InChI=1S/C21H17ClN4O4S/c1-13(24-25-20(27)12-15-4-2-3-5-17(15)26(29)30)14-6-8-16(9-7-14)23-21(28)18-10-11-19(22)31-18/h2-11H,12H2,1H3,(H,23,28)(H,25,27)/b24-13+. The molecular formula is C21H17ClN4O4S. The number of hydrogen-bond donors (Lipinski definition) is 2. The summed E-state index contributed by atoms with van der Waals surface area (Å²) in [6.07, 6.45) is -0.161. The number of nitro benzene ring substituents is 1. The third kappa shape index (κ3) is 5.97. The predicted octanol–water partition coefficient (Wildman–Crippen LogP) is 4.64. The van der Waals surface area contributed by atoms with E-state index in [1.54, 1.807) is 55.5 Å². The predicted molar refractivity (Wildman–Crippen MR) is 121 cm³/mol. The van der Waals surface area contributed by atoms with E-state index < -0.39 is 10.8 Å². The summed E-state index contributed by atoms with van der Waals surface area (Å²) in [5, 5.41) is 17.9. The average Bonchev–Trinajstić information content (AvgIpc) is 3.19. The maximum atomic E-state index is 12.2. The number of carbonyl (C=O) groups excluding carboxylic acids is 2. The van der Waals surface area contributed by atoms with Crippen molar-refractivity contribution in [3.8, 4) is 0 Å². The third-order valence-electron chi connectivity index (χ3n) is 4.25. The van der Waals surface area contributed by atoms with Crippen LogP contribution in [-0.2, 0) is 11.2 Å². The van der Waals surface area contributed by atoms with Gasteiger partial charge in [0.05, 0.1) is 26.3 Å². The fourth-order valence-electron chi connectivity index (χ4n) is 2.69. The number of halogens is 1. The van der Waals surface area contributed by atoms with Gasteiger partial charge in [-0.3, -0.25) is 19.7 Å². The summed E-state index contributed by atoms with van der Waals surface area (Å²) in [7, 11) is 0. The Balaban J connectivity index is 1.59. The van der Waals surface area contributed by atoms with Gasteiger partial charge in [-0.1, -0.05) is 41.9 Å². The number of rotatable bonds is 7. The Labute approximate surface area is 186 Å². The zero-order valence-corrected chi connectivity index (χ0v) is 17.9. The Hall–Kier alpha value is -3.56. The van der Waals surface area contributed by atoms with Crippen molar-refractivity contribution in [1.82, 2.24) is 5.43 Å². The zero-order chi connectivity index (χ0) is 22.4. The lowest BCUT2D eigenvalue weighted by Gasteiger charge is -2.06. The highest BCUT2D eigenvalue weighted by Gasteiger charge is 2.15. The Kier molecular flexibility index (Phi) is 7.11. The topological polar surface area (TPSA) is 114 Å². The van der Waals surface area contributed by atoms with Gasteiger partial charge in [-0.05, 0) is 36.8 Å². The Morgan fingerprint density at radius 1 is 1.10 bits per heavy atom. The summed E-state index contributed by atoms with van der Waals surface area (Å²) in [4.78, 5) is 35.3. The Morgan fingerprint density at radius 2 is 1.81 bits per heavy atom. The summed E-state index contributed by atoms with van der Waals surface area (Å²) < 4.78 is 0.538. The molecule has 158 valence electrons. The molecule has 0 fully saturated rings. The second kappa shape index (κ2) is 9.96. The largest absolute Gasteiger partial charge is 0.321 e. The first kappa shape index (κ1) is 22.1. The van der Waals surface area contributed by atoms with Crippen LogP contribution in [0.2, 0.25) is 4.34 Å². The fraction of sp³-hybridized carbons (Fsp3) is 0.0952. The fourth-order valence-corrected chi connectivity index (χ4v) is 3.62. The van der Waals surface area contributed by atoms with Crippen molar-refractivity contribution in [3.63, 3.8) is 0 Å². The molecule has 0 aliphatic rings. The molecule has 0 bridgehead atoms. The van der Waals surface area contributed by atoms with Gasteiger partial charge in [0, 0.05) is 17.3 Å². The number of nitrogens with one attached hydrogen (secondary N) is 2. The third-order valence-corrected chi connectivity index (χ3v) is 5.48. The molecule has 0 unspecified atom stereocenters. The number of nitrogens with zero attached hydrogens (tertiary/aromatic N) is 2. The molecular weight excluding hydrogens is 440 g/mol. The zero-order valence-electron chi connectivity index (χ0n) is 16.3. The molecule has 2 amide bonds. The molecule has 3 aromatic rings. The normalized spacial score (nSPS) is 11.1. The minimum Gasteiger partial charge on any atom is -0.321 e. The van der Waals surface area contributed by atoms with E-state index in [4.69, 9.17) is 11.6 Å². The summed E-state index contributed by atoms with van der Waals surface area (Å²) in [6, 6.07) is 16.3. The minimum atomic E-state index is -0.523. The molecule has 0 aliphatic heterocycles. The van der Waals surface area contributed by atoms with Crippen LogP contribution in [0.1, 0.15) is 27.7 Å². The highest BCUT2D eigenvalue weighted by Crippen LogP contribution is 2.22. The molecule has 3 rings (SSSR count). The number of thiophene rings is 1. The van der Waals surface area contributed by atoms with E-state index in [1.807, 2.05) is 0 Å². The van der Waals surface area contributed by atoms with Crippen molar-refractivity contribution in [2.24, 2.45) is 5.10 Å². The smallest absolute Gasteiger partial charge is 0.273 e. The molecule has 0 saturated heterocycles. The SMILES string of the molecule is C/C(=N\NC(=O)Cc1ccccc1[N+](=O)[O-])c1ccc(NC(=O)c2ccc(Cl)s2)cc1. The molecule has 0 spiro atoms. The van der Waals surface area contributed by atoms with Crippen molar-refractivity contribution in [2.45, 2.75) is 13.3 Å². The first-order valence-corrected chi connectivity index (χ1v) is 10.3. The van der Waals surface area contributed by atoms with Crippen LogP contribution in [0.3, 0.4) is 0 Å². The molecule has 1 aromatic heterocycles. The van der Waals surface area contributed by atoms with Gasteiger partial charge in [-0.2, -0.15) is 5.10 Å². The van der Waals surface area contributed by atoms with Gasteiger partial charge < -0.3 is 5.32 Å². The second-order valence-electron chi connectivity index (χ2n) is 6.43. The quantitative estimate of drug-likeness (QED) is 0.306. The molecule has 2 N–H and O–H groups in total. The lowest BCUT2D eigenvalue weighted by molar-refractivity contribution is -0.385. The maximum Gasteiger partial charge on any atom is 0.273 e. The number of anilines is 1. The van der Waals surface area contributed by atoms with Crippen LogP contribution in [-0.4, -0.2) is 22.4 Å². The van der Waals surface area contributed by atoms with E-state index in [9.17, 15) is 19.7 Å². The van der Waals surface area contributed by atoms with Crippen LogP contribution in [0.4, 0.5) is 11.4 Å². The molecule has 10 heteroatoms. The number of carbonyl (C=O) groups is 2. The number of para-hydroxylation sites is 1. The van der Waals surface area contributed by atoms with Crippen molar-refractivity contribution < 1.29 is 14.5 Å². The van der Waals surface area contributed by atoms with Crippen LogP contribution < -0.4 is 10.7 Å². The monoisotopic (exact) mass is 456 g/mol. The number of benzene rings is 2. The van der Waals surface area contributed by atoms with Gasteiger partial charge >= 0.3 is 0 Å². The van der Waals surface area contributed by atoms with E-state index >= 15 is 0 Å². The number of amides is 2. The molecule has 2 aromatic carbocycles. The van der Waals surface area contributed by atoms with Gasteiger partial charge in [0.25, 0.3) is 11.6 Å². The molecule has 8 nitrogen and oxygen atoms in total. The first-order valence-electron chi connectivity index (χ1n) is 9.06. The van der Waals surface area contributed by atoms with Gasteiger partial charge in [-0.15, -0.1) is 11.3 Å². The highest BCUT2D eigenvalue weighted by atomic mass is 35.5. The lowest BCUT2D eigenvalue weighted by Crippen LogP contribution is -2.21. The van der Waals surface area contributed by atoms with Gasteiger partial charge in [-0.25, -0.2) is 5.43 Å². The van der Waals surface area contributed by atoms with Gasteiger partial charge in [0.15, 0.2) is 0 Å². The lowest BCUT2D eigenvalue weighted by atomic mass is 10.1. The minimum absolute atomic E-state index is 0.110. The first-order chi connectivity index (χ1) is 14.8. The highest BCUT2D eigenvalue weighted by molar-refractivity contribution is 7.18. The van der Waals surface area contributed by atoms with Crippen LogP contribution in [0, 0.1) is 10.1 Å². The maximum absolute atomic E-state index is 12.2. The molecule has 0 saturated carbocycles. The van der Waals surface area contributed by atoms with Gasteiger partial charge in [0.2, 0.25) is 5.91 Å². The Morgan fingerprint density at radius 3 is 2.45 bits per heavy atom. The van der Waals surface area contributed by atoms with Crippen molar-refractivity contribution in [1.29, 1.82) is 0 Å². The Bertz CT molecular complexity index is 1160. The van der Waals surface area contributed by atoms with E-state index in [0.29, 0.717) is 26.2 Å². The second-order valence-corrected chi connectivity index (χ2v) is 8.15. The van der Waals surface area contributed by atoms with E-state index in [0.717, 1.165) is 5.56 Å². The molecule has 0 atom stereocenters.